The predicted octanol–water partition coefficient (Wildman–Crippen LogP) is 3.83. The summed E-state index contributed by atoms with van der Waals surface area (Å²) in [6.07, 6.45) is 3.07. The normalized spacial score (nSPS) is 14.7. The fourth-order valence-corrected chi connectivity index (χ4v) is 1.64. The molecule has 0 saturated carbocycles. The number of benzene rings is 1. The smallest absolute Gasteiger partial charge is 0.251 e. The second-order valence-corrected chi connectivity index (χ2v) is 4.00. The minimum atomic E-state index is -0.474. The molecule has 1 aromatic rings. The van der Waals surface area contributed by atoms with Crippen molar-refractivity contribution >= 4 is 0 Å². The average molecular weight is 223 g/mol. The summed E-state index contributed by atoms with van der Waals surface area (Å²) >= 11 is 0. The summed E-state index contributed by atoms with van der Waals surface area (Å²) in [4.78, 5) is 4.79. The summed E-state index contributed by atoms with van der Waals surface area (Å²) in [5.41, 5.74) is 1.79. The summed E-state index contributed by atoms with van der Waals surface area (Å²) in [5.74, 6) is 0. The monoisotopic (exact) mass is 223 g/mol. The molecule has 1 aromatic carbocycles. The molecule has 0 aromatic heterocycles. The lowest BCUT2D eigenvalue weighted by Crippen LogP contribution is -2.11. The second kappa shape index (κ2) is 7.20. The Balaban J connectivity index is 2.35. The van der Waals surface area contributed by atoms with Crippen molar-refractivity contribution in [2.75, 3.05) is 0 Å². The van der Waals surface area contributed by atoms with Crippen LogP contribution in [0.1, 0.15) is 34.5 Å². The highest BCUT2D eigenvalue weighted by molar-refractivity contribution is 5.14. The highest BCUT2D eigenvalue weighted by Crippen LogP contribution is 2.13. The van der Waals surface area contributed by atoms with Gasteiger partial charge in [-0.1, -0.05) is 43.3 Å². The van der Waals surface area contributed by atoms with Crippen LogP contribution >= 0.6 is 0 Å². The van der Waals surface area contributed by atoms with Gasteiger partial charge in [-0.05, 0) is 37.3 Å². The quantitative estimate of drug-likeness (QED) is 0.314. The number of aryl methyl sites for hydroxylation is 1. The first kappa shape index (κ1) is 8.97. The lowest BCUT2D eigenvalue weighted by Gasteiger charge is -2.12. The molecule has 2 nitrogen and oxygen atoms in total. The predicted molar refractivity (Wildman–Crippen MR) is 66.3 cm³/mol. The maximum atomic E-state index is 7.26. The van der Waals surface area contributed by atoms with Crippen molar-refractivity contribution in [3.63, 3.8) is 0 Å². The third-order valence-electron chi connectivity index (χ3n) is 2.62. The maximum Gasteiger partial charge on any atom is 0.255 e. The van der Waals surface area contributed by atoms with E-state index < -0.39 is 6.10 Å². The third-order valence-corrected chi connectivity index (χ3v) is 2.62. The molecule has 0 aliphatic carbocycles. The van der Waals surface area contributed by atoms with E-state index in [1.54, 1.807) is 6.92 Å². The van der Waals surface area contributed by atoms with Crippen LogP contribution in [0.15, 0.2) is 42.4 Å². The zero-order valence-electron chi connectivity index (χ0n) is 12.6. The third kappa shape index (κ3) is 4.60. The molecular formula is C14H20O2. The first-order valence-corrected chi connectivity index (χ1v) is 5.61. The molecule has 1 N–H and O–H groups in total. The molecule has 88 valence electrons. The van der Waals surface area contributed by atoms with E-state index in [9.17, 15) is 0 Å². The average Bonchev–Trinajstić information content (AvgIpc) is 2.42. The van der Waals surface area contributed by atoms with Crippen molar-refractivity contribution in [3.8, 4) is 0 Å². The molecule has 0 fully saturated rings. The van der Waals surface area contributed by atoms with E-state index in [-0.39, 0.29) is 6.53 Å². The highest BCUT2D eigenvalue weighted by atomic mass is 17.1. The SMILES string of the molecule is [2H]OOC(CCCCc1ccccc1)C(C)=C([2H])[2H]. The fourth-order valence-electron chi connectivity index (χ4n) is 1.64. The van der Waals surface area contributed by atoms with E-state index in [2.05, 4.69) is 17.4 Å². The van der Waals surface area contributed by atoms with Crippen LogP contribution < -0.4 is 0 Å². The van der Waals surface area contributed by atoms with Crippen molar-refractivity contribution in [1.29, 1.82) is 1.43 Å². The maximum absolute atomic E-state index is 7.26. The standard InChI is InChI=1S/C14H20O2/c1-12(2)14(16-15)11-7-6-10-13-8-4-3-5-9-13/h3-5,8-9,14-15H,1,6-7,10-11H2,2H3/i1D2/hD. The van der Waals surface area contributed by atoms with Crippen LogP contribution in [0.5, 0.6) is 0 Å². The molecule has 2 heteroatoms. The Morgan fingerprint density at radius 2 is 2.31 bits per heavy atom. The van der Waals surface area contributed by atoms with Gasteiger partial charge in [-0.3, -0.25) is 5.26 Å². The highest BCUT2D eigenvalue weighted by Gasteiger charge is 2.08. The van der Waals surface area contributed by atoms with Gasteiger partial charge in [0, 0.05) is 0 Å². The molecule has 0 aliphatic rings. The molecule has 1 atom stereocenters. The minimum Gasteiger partial charge on any atom is -0.251 e. The van der Waals surface area contributed by atoms with E-state index in [0.717, 1.165) is 19.3 Å². The van der Waals surface area contributed by atoms with E-state index in [4.69, 9.17) is 9.06 Å². The molecule has 0 bridgehead atoms. The van der Waals surface area contributed by atoms with Crippen LogP contribution in [0, 0.1) is 0 Å². The summed E-state index contributed by atoms with van der Waals surface area (Å²) < 4.78 is 21.1. The lowest BCUT2D eigenvalue weighted by atomic mass is 10.0. The molecule has 16 heavy (non-hydrogen) atoms. The van der Waals surface area contributed by atoms with Gasteiger partial charge >= 0.3 is 0 Å². The van der Waals surface area contributed by atoms with Gasteiger partial charge in [-0.15, -0.1) is 0 Å². The Morgan fingerprint density at radius 1 is 1.50 bits per heavy atom. The molecule has 0 spiro atoms. The molecule has 1 unspecified atom stereocenters. The van der Waals surface area contributed by atoms with Gasteiger partial charge in [0.05, 0.1) is 2.74 Å². The minimum absolute atomic E-state index is 0.273. The van der Waals surface area contributed by atoms with Gasteiger partial charge < -0.3 is 0 Å². The van der Waals surface area contributed by atoms with Gasteiger partial charge in [0.2, 0.25) is 0 Å². The lowest BCUT2D eigenvalue weighted by molar-refractivity contribution is -0.269. The van der Waals surface area contributed by atoms with E-state index in [1.807, 2.05) is 18.2 Å². The molecule has 1 rings (SSSR count). The molecule has 0 aliphatic heterocycles. The summed E-state index contributed by atoms with van der Waals surface area (Å²) in [7, 11) is 0. The summed E-state index contributed by atoms with van der Waals surface area (Å²) in [6.45, 7) is 1.39. The Labute approximate surface area is 102 Å². The summed E-state index contributed by atoms with van der Waals surface area (Å²) in [5, 5.41) is 3.94. The zero-order chi connectivity index (χ0) is 14.1. The van der Waals surface area contributed by atoms with Gasteiger partial charge in [0.25, 0.3) is 1.43 Å². The first-order chi connectivity index (χ1) is 9.15. The van der Waals surface area contributed by atoms with Gasteiger partial charge in [0.15, 0.2) is 0 Å². The molecule has 0 radical (unpaired) electrons. The van der Waals surface area contributed by atoms with Crippen molar-refractivity contribution in [2.45, 2.75) is 38.7 Å². The number of rotatable bonds is 8. The van der Waals surface area contributed by atoms with Crippen LogP contribution in [0.2, 0.25) is 0 Å². The molecule has 0 amide bonds. The number of hydrogen-bond acceptors (Lipinski definition) is 2. The van der Waals surface area contributed by atoms with Crippen LogP contribution in [0.3, 0.4) is 0 Å². The van der Waals surface area contributed by atoms with Crippen molar-refractivity contribution < 1.29 is 12.9 Å². The Bertz CT molecular complexity index is 389. The van der Waals surface area contributed by atoms with Crippen molar-refractivity contribution in [2.24, 2.45) is 0 Å². The zero-order valence-corrected chi connectivity index (χ0v) is 9.61. The van der Waals surface area contributed by atoms with Crippen molar-refractivity contribution in [3.05, 3.63) is 48.0 Å². The topological polar surface area (TPSA) is 29.5 Å². The van der Waals surface area contributed by atoms with Crippen LogP contribution in [-0.4, -0.2) is 11.4 Å². The Kier molecular flexibility index (Phi) is 4.04. The number of unbranched alkanes of at least 4 members (excludes halogenated alkanes) is 1. The largest absolute Gasteiger partial charge is 0.255 e. The molecular weight excluding hydrogens is 200 g/mol. The van der Waals surface area contributed by atoms with Gasteiger partial charge in [0.1, 0.15) is 6.10 Å². The van der Waals surface area contributed by atoms with Crippen molar-refractivity contribution in [1.82, 2.24) is 0 Å². The number of hydrogen-bond donors (Lipinski definition) is 1. The van der Waals surface area contributed by atoms with Crippen LogP contribution in [0.4, 0.5) is 0 Å². The molecule has 0 saturated heterocycles. The van der Waals surface area contributed by atoms with Gasteiger partial charge in [-0.2, -0.15) is 0 Å². The molecule has 0 heterocycles. The van der Waals surface area contributed by atoms with Gasteiger partial charge in [-0.25, -0.2) is 4.89 Å². The van der Waals surface area contributed by atoms with E-state index >= 15 is 0 Å². The van der Waals surface area contributed by atoms with E-state index in [0.29, 0.717) is 12.0 Å². The van der Waals surface area contributed by atoms with Crippen LogP contribution in [-0.2, 0) is 11.3 Å². The Morgan fingerprint density at radius 3 is 3.00 bits per heavy atom. The Hall–Kier alpha value is -1.12. The fraction of sp³-hybridized carbons (Fsp3) is 0.429. The summed E-state index contributed by atoms with van der Waals surface area (Å²) in [6, 6.07) is 10.2. The van der Waals surface area contributed by atoms with E-state index in [1.165, 1.54) is 5.56 Å². The first-order valence-electron chi connectivity index (χ1n) is 7.02. The van der Waals surface area contributed by atoms with Crippen LogP contribution in [0.25, 0.3) is 1.43 Å². The second-order valence-electron chi connectivity index (χ2n) is 4.00.